The molecule has 0 aliphatic heterocycles. The van der Waals surface area contributed by atoms with Gasteiger partial charge in [0, 0.05) is 11.6 Å². The smallest absolute Gasteiger partial charge is 0.131 e. The van der Waals surface area contributed by atoms with Crippen LogP contribution in [-0.2, 0) is 0 Å². The highest BCUT2D eigenvalue weighted by atomic mass is 19.1. The zero-order valence-corrected chi connectivity index (χ0v) is 10.4. The van der Waals surface area contributed by atoms with Crippen LogP contribution >= 0.6 is 0 Å². The third-order valence-corrected chi connectivity index (χ3v) is 2.90. The predicted octanol–water partition coefficient (Wildman–Crippen LogP) is 3.63. The lowest BCUT2D eigenvalue weighted by Crippen LogP contribution is -2.14. The van der Waals surface area contributed by atoms with Crippen LogP contribution in [-0.4, -0.2) is 0 Å². The van der Waals surface area contributed by atoms with E-state index in [0.717, 1.165) is 22.8 Å². The highest BCUT2D eigenvalue weighted by Crippen LogP contribution is 2.24. The second kappa shape index (κ2) is 4.86. The van der Waals surface area contributed by atoms with E-state index in [1.54, 1.807) is 0 Å². The molecule has 0 radical (unpaired) electrons. The topological polar surface area (TPSA) is 26.0 Å². The van der Waals surface area contributed by atoms with Crippen LogP contribution in [0.3, 0.4) is 0 Å². The van der Waals surface area contributed by atoms with E-state index in [-0.39, 0.29) is 0 Å². The van der Waals surface area contributed by atoms with Crippen molar-refractivity contribution in [2.24, 2.45) is 5.73 Å². The largest absolute Gasteiger partial charge is 0.320 e. The van der Waals surface area contributed by atoms with Crippen molar-refractivity contribution in [2.75, 3.05) is 0 Å². The molecule has 0 amide bonds. The Labute approximate surface area is 105 Å². The first kappa shape index (κ1) is 12.7. The number of aryl methyl sites for hydroxylation is 2. The molecule has 0 bridgehead atoms. The lowest BCUT2D eigenvalue weighted by Gasteiger charge is -2.15. The van der Waals surface area contributed by atoms with E-state index >= 15 is 0 Å². The predicted molar refractivity (Wildman–Crippen MR) is 68.3 cm³/mol. The van der Waals surface area contributed by atoms with Crippen LogP contribution in [0.5, 0.6) is 0 Å². The molecule has 0 heterocycles. The second-order valence-electron chi connectivity index (χ2n) is 4.56. The van der Waals surface area contributed by atoms with Gasteiger partial charge in [-0.1, -0.05) is 35.4 Å². The van der Waals surface area contributed by atoms with Gasteiger partial charge in [0.1, 0.15) is 11.6 Å². The Bertz CT molecular complexity index is 558. The van der Waals surface area contributed by atoms with E-state index in [2.05, 4.69) is 0 Å². The van der Waals surface area contributed by atoms with E-state index in [1.165, 1.54) is 12.1 Å². The average Bonchev–Trinajstić information content (AvgIpc) is 2.26. The highest BCUT2D eigenvalue weighted by Gasteiger charge is 2.14. The summed E-state index contributed by atoms with van der Waals surface area (Å²) >= 11 is 0. The standard InChI is InChI=1S/C15H15F2N/c1-9-5-10(2)7-11(6-9)15(18)13-4-3-12(16)8-14(13)17/h3-8,15H,18H2,1-2H3. The molecule has 0 saturated heterocycles. The Kier molecular flexibility index (Phi) is 3.43. The minimum absolute atomic E-state index is 0.307. The van der Waals surface area contributed by atoms with Crippen molar-refractivity contribution in [3.8, 4) is 0 Å². The van der Waals surface area contributed by atoms with Gasteiger partial charge >= 0.3 is 0 Å². The summed E-state index contributed by atoms with van der Waals surface area (Å²) < 4.78 is 26.5. The number of hydrogen-bond acceptors (Lipinski definition) is 1. The van der Waals surface area contributed by atoms with Crippen molar-refractivity contribution >= 4 is 0 Å². The van der Waals surface area contributed by atoms with Gasteiger partial charge in [-0.3, -0.25) is 0 Å². The molecule has 18 heavy (non-hydrogen) atoms. The van der Waals surface area contributed by atoms with Crippen molar-refractivity contribution in [1.82, 2.24) is 0 Å². The lowest BCUT2D eigenvalue weighted by atomic mass is 9.96. The number of halogens is 2. The minimum atomic E-state index is -0.610. The molecule has 0 spiro atoms. The van der Waals surface area contributed by atoms with Crippen molar-refractivity contribution in [3.63, 3.8) is 0 Å². The molecular formula is C15H15F2N. The van der Waals surface area contributed by atoms with Crippen LogP contribution in [0.2, 0.25) is 0 Å². The van der Waals surface area contributed by atoms with Crippen LogP contribution < -0.4 is 5.73 Å². The molecule has 94 valence electrons. The van der Waals surface area contributed by atoms with Crippen molar-refractivity contribution in [1.29, 1.82) is 0 Å². The van der Waals surface area contributed by atoms with Gasteiger partial charge in [0.25, 0.3) is 0 Å². The average molecular weight is 247 g/mol. The minimum Gasteiger partial charge on any atom is -0.320 e. The van der Waals surface area contributed by atoms with Gasteiger partial charge in [-0.05, 0) is 25.5 Å². The Balaban J connectivity index is 2.44. The summed E-state index contributed by atoms with van der Waals surface area (Å²) in [6, 6.07) is 8.76. The molecule has 1 atom stereocenters. The molecular weight excluding hydrogens is 232 g/mol. The fourth-order valence-electron chi connectivity index (χ4n) is 2.12. The number of hydrogen-bond donors (Lipinski definition) is 1. The summed E-state index contributed by atoms with van der Waals surface area (Å²) in [6.45, 7) is 3.93. The Morgan fingerprint density at radius 3 is 2.11 bits per heavy atom. The highest BCUT2D eigenvalue weighted by molar-refractivity contribution is 5.37. The number of benzene rings is 2. The number of rotatable bonds is 2. The van der Waals surface area contributed by atoms with Gasteiger partial charge in [-0.2, -0.15) is 0 Å². The molecule has 0 aliphatic carbocycles. The van der Waals surface area contributed by atoms with Gasteiger partial charge in [0.15, 0.2) is 0 Å². The van der Waals surface area contributed by atoms with Crippen molar-refractivity contribution in [3.05, 3.63) is 70.3 Å². The molecule has 3 heteroatoms. The number of nitrogens with two attached hydrogens (primary N) is 1. The third-order valence-electron chi connectivity index (χ3n) is 2.90. The maximum absolute atomic E-state index is 13.7. The first-order valence-corrected chi connectivity index (χ1v) is 5.76. The quantitative estimate of drug-likeness (QED) is 0.861. The van der Waals surface area contributed by atoms with Crippen LogP contribution in [0.4, 0.5) is 8.78 Å². The van der Waals surface area contributed by atoms with E-state index in [9.17, 15) is 8.78 Å². The normalized spacial score (nSPS) is 12.5. The SMILES string of the molecule is Cc1cc(C)cc(C(N)c2ccc(F)cc2F)c1. The summed E-state index contributed by atoms with van der Waals surface area (Å²) in [5.41, 5.74) is 9.33. The zero-order chi connectivity index (χ0) is 13.3. The Morgan fingerprint density at radius 2 is 1.56 bits per heavy atom. The molecule has 0 aromatic heterocycles. The third kappa shape index (κ3) is 2.57. The molecule has 0 saturated carbocycles. The first-order valence-electron chi connectivity index (χ1n) is 5.76. The maximum atomic E-state index is 13.7. The van der Waals surface area contributed by atoms with Crippen LogP contribution in [0.25, 0.3) is 0 Å². The molecule has 0 fully saturated rings. The van der Waals surface area contributed by atoms with E-state index in [4.69, 9.17) is 5.73 Å². The van der Waals surface area contributed by atoms with E-state index < -0.39 is 17.7 Å². The molecule has 2 aromatic carbocycles. The van der Waals surface area contributed by atoms with Crippen LogP contribution in [0.1, 0.15) is 28.3 Å². The monoisotopic (exact) mass is 247 g/mol. The molecule has 0 aliphatic rings. The zero-order valence-electron chi connectivity index (χ0n) is 10.4. The van der Waals surface area contributed by atoms with E-state index in [1.807, 2.05) is 32.0 Å². The van der Waals surface area contributed by atoms with Crippen LogP contribution in [0.15, 0.2) is 36.4 Å². The molecule has 2 rings (SSSR count). The molecule has 1 nitrogen and oxygen atoms in total. The second-order valence-corrected chi connectivity index (χ2v) is 4.56. The summed E-state index contributed by atoms with van der Waals surface area (Å²) in [6.07, 6.45) is 0. The first-order chi connectivity index (χ1) is 8.47. The van der Waals surface area contributed by atoms with Crippen LogP contribution in [0, 0.1) is 25.5 Å². The maximum Gasteiger partial charge on any atom is 0.131 e. The van der Waals surface area contributed by atoms with Gasteiger partial charge in [-0.25, -0.2) is 8.78 Å². The molecule has 2 aromatic rings. The van der Waals surface area contributed by atoms with Gasteiger partial charge in [-0.15, -0.1) is 0 Å². The van der Waals surface area contributed by atoms with Crippen molar-refractivity contribution < 1.29 is 8.78 Å². The Hall–Kier alpha value is -1.74. The summed E-state index contributed by atoms with van der Waals surface area (Å²) in [5.74, 6) is -1.20. The van der Waals surface area contributed by atoms with Gasteiger partial charge < -0.3 is 5.73 Å². The van der Waals surface area contributed by atoms with Gasteiger partial charge in [0.05, 0.1) is 6.04 Å². The fourth-order valence-corrected chi connectivity index (χ4v) is 2.12. The fraction of sp³-hybridized carbons (Fsp3) is 0.200. The molecule has 1 unspecified atom stereocenters. The van der Waals surface area contributed by atoms with Gasteiger partial charge in [0.2, 0.25) is 0 Å². The van der Waals surface area contributed by atoms with E-state index in [0.29, 0.717) is 5.56 Å². The summed E-state index contributed by atoms with van der Waals surface area (Å²) in [5, 5.41) is 0. The summed E-state index contributed by atoms with van der Waals surface area (Å²) in [7, 11) is 0. The molecule has 2 N–H and O–H groups in total. The Morgan fingerprint density at radius 1 is 0.944 bits per heavy atom. The lowest BCUT2D eigenvalue weighted by molar-refractivity contribution is 0.566. The van der Waals surface area contributed by atoms with Crippen molar-refractivity contribution in [2.45, 2.75) is 19.9 Å². The summed E-state index contributed by atoms with van der Waals surface area (Å²) in [4.78, 5) is 0.